The molecule has 0 bridgehead atoms. The first-order valence-electron chi connectivity index (χ1n) is 11.8. The Balaban J connectivity index is 1.44. The van der Waals surface area contributed by atoms with Gasteiger partial charge >= 0.3 is 6.01 Å². The largest absolute Gasteiger partial charge is 0.457 e. The van der Waals surface area contributed by atoms with Crippen molar-refractivity contribution in [3.63, 3.8) is 0 Å². The number of pyridine rings is 2. The van der Waals surface area contributed by atoms with E-state index < -0.39 is 0 Å². The van der Waals surface area contributed by atoms with E-state index in [1.807, 2.05) is 51.4 Å². The third kappa shape index (κ3) is 4.82. The summed E-state index contributed by atoms with van der Waals surface area (Å²) in [5.74, 6) is 2.03. The van der Waals surface area contributed by atoms with Gasteiger partial charge in [-0.05, 0) is 69.4 Å². The lowest BCUT2D eigenvalue weighted by Crippen LogP contribution is -2.23. The number of aryl methyl sites for hydroxylation is 1. The summed E-state index contributed by atoms with van der Waals surface area (Å²) >= 11 is 0. The minimum Gasteiger partial charge on any atom is -0.457 e. The number of carbonyl (C=O) groups is 1. The normalized spacial score (nSPS) is 13.4. The highest BCUT2D eigenvalue weighted by Crippen LogP contribution is 2.41. The van der Waals surface area contributed by atoms with E-state index in [4.69, 9.17) is 9.47 Å². The molecule has 1 aliphatic carbocycles. The number of imidazole rings is 1. The van der Waals surface area contributed by atoms with Gasteiger partial charge in [0, 0.05) is 44.0 Å². The van der Waals surface area contributed by atoms with Crippen molar-refractivity contribution in [2.75, 3.05) is 0 Å². The maximum absolute atomic E-state index is 13.0. The van der Waals surface area contributed by atoms with Gasteiger partial charge in [0.25, 0.3) is 5.56 Å². The Morgan fingerprint density at radius 1 is 1.11 bits per heavy atom. The zero-order valence-corrected chi connectivity index (χ0v) is 20.3. The van der Waals surface area contributed by atoms with Crippen LogP contribution in [0.15, 0.2) is 53.6 Å². The predicted molar refractivity (Wildman–Crippen MR) is 133 cm³/mol. The monoisotopic (exact) mass is 472 g/mol. The van der Waals surface area contributed by atoms with E-state index in [2.05, 4.69) is 9.97 Å². The third-order valence-electron chi connectivity index (χ3n) is 6.10. The molecule has 1 aromatic carbocycles. The minimum absolute atomic E-state index is 0.0350. The molecule has 0 aliphatic heterocycles. The van der Waals surface area contributed by atoms with Crippen LogP contribution in [0, 0.1) is 0 Å². The molecule has 180 valence electrons. The standard InChI is InChI=1S/C27H28N4O4/c1-16(2)31-15-19(18-5-6-18)12-25(26(31)33)35-27-29-23-8-7-21(14-24(23)30(27)4)34-22-9-10-28-20(13-22)11-17(3)32/h7-10,12-16,18H,5-6,11H2,1-4H3. The molecule has 0 amide bonds. The first kappa shape index (κ1) is 22.8. The average molecular weight is 473 g/mol. The van der Waals surface area contributed by atoms with E-state index in [1.165, 1.54) is 6.92 Å². The lowest BCUT2D eigenvalue weighted by Gasteiger charge is -2.14. The summed E-state index contributed by atoms with van der Waals surface area (Å²) in [6.45, 7) is 5.51. The van der Waals surface area contributed by atoms with Crippen LogP contribution < -0.4 is 15.0 Å². The predicted octanol–water partition coefficient (Wildman–Crippen LogP) is 5.30. The average Bonchev–Trinajstić information content (AvgIpc) is 3.61. The van der Waals surface area contributed by atoms with Crippen LogP contribution in [-0.2, 0) is 18.3 Å². The van der Waals surface area contributed by atoms with E-state index in [9.17, 15) is 9.59 Å². The summed E-state index contributed by atoms with van der Waals surface area (Å²) < 4.78 is 15.6. The van der Waals surface area contributed by atoms with Gasteiger partial charge in [-0.3, -0.25) is 19.1 Å². The third-order valence-corrected chi connectivity index (χ3v) is 6.10. The molecule has 8 nitrogen and oxygen atoms in total. The topological polar surface area (TPSA) is 88.2 Å². The number of carbonyl (C=O) groups excluding carboxylic acids is 1. The number of ether oxygens (including phenoxy) is 2. The smallest absolute Gasteiger partial charge is 0.302 e. The van der Waals surface area contributed by atoms with Crippen molar-refractivity contribution in [3.8, 4) is 23.3 Å². The van der Waals surface area contributed by atoms with Gasteiger partial charge in [-0.15, -0.1) is 0 Å². The van der Waals surface area contributed by atoms with Crippen molar-refractivity contribution in [1.82, 2.24) is 19.1 Å². The molecule has 3 heterocycles. The van der Waals surface area contributed by atoms with Crippen molar-refractivity contribution in [2.24, 2.45) is 7.05 Å². The molecule has 0 unspecified atom stereocenters. The Morgan fingerprint density at radius 2 is 1.89 bits per heavy atom. The van der Waals surface area contributed by atoms with Gasteiger partial charge in [-0.2, -0.15) is 4.98 Å². The van der Waals surface area contributed by atoms with Crippen LogP contribution in [0.1, 0.15) is 56.8 Å². The Labute approximate surface area is 203 Å². The van der Waals surface area contributed by atoms with Gasteiger partial charge in [0.1, 0.15) is 17.3 Å². The van der Waals surface area contributed by atoms with Gasteiger partial charge in [0.2, 0.25) is 0 Å². The number of hydrogen-bond acceptors (Lipinski definition) is 6. The highest BCUT2D eigenvalue weighted by atomic mass is 16.5. The van der Waals surface area contributed by atoms with Crippen molar-refractivity contribution >= 4 is 16.8 Å². The molecule has 1 saturated carbocycles. The Morgan fingerprint density at radius 3 is 2.60 bits per heavy atom. The number of ketones is 1. The molecule has 0 atom stereocenters. The van der Waals surface area contributed by atoms with E-state index >= 15 is 0 Å². The summed E-state index contributed by atoms with van der Waals surface area (Å²) in [5.41, 5.74) is 3.15. The molecule has 1 aliphatic rings. The summed E-state index contributed by atoms with van der Waals surface area (Å²) in [4.78, 5) is 33.3. The second kappa shape index (κ2) is 9.02. The molecule has 1 fully saturated rings. The molecule has 0 radical (unpaired) electrons. The number of benzene rings is 1. The first-order chi connectivity index (χ1) is 16.8. The van der Waals surface area contributed by atoms with Crippen LogP contribution in [0.2, 0.25) is 0 Å². The lowest BCUT2D eigenvalue weighted by atomic mass is 10.2. The number of aromatic nitrogens is 4. The molecular formula is C27H28N4O4. The fourth-order valence-electron chi connectivity index (χ4n) is 4.10. The summed E-state index contributed by atoms with van der Waals surface area (Å²) in [5, 5.41) is 0. The highest BCUT2D eigenvalue weighted by molar-refractivity contribution is 5.79. The SMILES string of the molecule is CC(=O)Cc1cc(Oc2ccc3nc(Oc4cc(C5CC5)cn(C(C)C)c4=O)n(C)c3c2)ccn1. The number of hydrogen-bond donors (Lipinski definition) is 0. The molecule has 4 aromatic rings. The van der Waals surface area contributed by atoms with Gasteiger partial charge in [0.15, 0.2) is 5.75 Å². The van der Waals surface area contributed by atoms with Gasteiger partial charge < -0.3 is 14.0 Å². The van der Waals surface area contributed by atoms with Crippen molar-refractivity contribution in [2.45, 2.75) is 52.0 Å². The fraction of sp³-hybridized carbons (Fsp3) is 0.333. The van der Waals surface area contributed by atoms with Crippen LogP contribution >= 0.6 is 0 Å². The van der Waals surface area contributed by atoms with E-state index in [1.54, 1.807) is 27.5 Å². The van der Waals surface area contributed by atoms with Gasteiger partial charge in [-0.25, -0.2) is 0 Å². The molecule has 3 aromatic heterocycles. The number of Topliss-reactive ketones (excluding diaryl/α,β-unsaturated/α-hetero) is 1. The van der Waals surface area contributed by atoms with Crippen molar-refractivity contribution < 1.29 is 14.3 Å². The Hall–Kier alpha value is -3.94. The maximum Gasteiger partial charge on any atom is 0.302 e. The molecule has 8 heteroatoms. The van der Waals surface area contributed by atoms with Crippen LogP contribution in [0.25, 0.3) is 11.0 Å². The zero-order valence-electron chi connectivity index (χ0n) is 20.3. The van der Waals surface area contributed by atoms with Crippen LogP contribution in [0.5, 0.6) is 23.3 Å². The summed E-state index contributed by atoms with van der Waals surface area (Å²) in [7, 11) is 1.84. The molecule has 0 saturated heterocycles. The zero-order chi connectivity index (χ0) is 24.7. The van der Waals surface area contributed by atoms with Crippen molar-refractivity contribution in [3.05, 3.63) is 70.4 Å². The van der Waals surface area contributed by atoms with E-state index in [-0.39, 0.29) is 29.6 Å². The Kier molecular flexibility index (Phi) is 5.88. The summed E-state index contributed by atoms with van der Waals surface area (Å²) in [6.07, 6.45) is 6.12. The van der Waals surface area contributed by atoms with E-state index in [0.29, 0.717) is 29.1 Å². The van der Waals surface area contributed by atoms with Crippen LogP contribution in [0.3, 0.4) is 0 Å². The quantitative estimate of drug-likeness (QED) is 0.346. The maximum atomic E-state index is 13.0. The highest BCUT2D eigenvalue weighted by Gasteiger charge is 2.26. The molecule has 0 spiro atoms. The molecular weight excluding hydrogens is 444 g/mol. The van der Waals surface area contributed by atoms with Crippen molar-refractivity contribution in [1.29, 1.82) is 0 Å². The molecule has 0 N–H and O–H groups in total. The second-order valence-corrected chi connectivity index (χ2v) is 9.39. The van der Waals surface area contributed by atoms with Gasteiger partial charge in [0.05, 0.1) is 16.7 Å². The van der Waals surface area contributed by atoms with E-state index in [0.717, 1.165) is 29.4 Å². The number of rotatable bonds is 8. The van der Waals surface area contributed by atoms with Crippen LogP contribution in [-0.4, -0.2) is 24.9 Å². The second-order valence-electron chi connectivity index (χ2n) is 9.39. The molecule has 5 rings (SSSR count). The summed E-state index contributed by atoms with van der Waals surface area (Å²) in [6, 6.07) is 11.3. The number of fused-ring (bicyclic) bond motifs is 1. The fourth-order valence-corrected chi connectivity index (χ4v) is 4.10. The van der Waals surface area contributed by atoms with Crippen LogP contribution in [0.4, 0.5) is 0 Å². The minimum atomic E-state index is -0.167. The lowest BCUT2D eigenvalue weighted by molar-refractivity contribution is -0.116. The van der Waals surface area contributed by atoms with Gasteiger partial charge in [-0.1, -0.05) is 0 Å². The molecule has 35 heavy (non-hydrogen) atoms. The number of nitrogens with zero attached hydrogens (tertiary/aromatic N) is 4. The Bertz CT molecular complexity index is 1480. The first-order valence-corrected chi connectivity index (χ1v) is 11.8.